The molecule has 0 aliphatic heterocycles. The van der Waals surface area contributed by atoms with Crippen LogP contribution in [0.3, 0.4) is 0 Å². The maximum absolute atomic E-state index is 8.60. The smallest absolute Gasteiger partial charge is 0.213 e. The van der Waals surface area contributed by atoms with Crippen LogP contribution in [0.1, 0.15) is 5.56 Å². The number of nitrogens with two attached hydrogens (primary N) is 1. The number of aryl methyl sites for hydroxylation is 1. The molecule has 0 bridgehead atoms. The first kappa shape index (κ1) is 12.8. The van der Waals surface area contributed by atoms with E-state index in [4.69, 9.17) is 10.9 Å². The summed E-state index contributed by atoms with van der Waals surface area (Å²) in [6.07, 6.45) is 0. The van der Waals surface area contributed by atoms with Gasteiger partial charge in [0.05, 0.1) is 0 Å². The fraction of sp³-hybridized carbons (Fsp3) is 0.111. The van der Waals surface area contributed by atoms with Crippen molar-refractivity contribution >= 4 is 33.5 Å². The molecule has 0 spiro atoms. The predicted molar refractivity (Wildman–Crippen MR) is 69.6 cm³/mol. The Morgan fingerprint density at radius 3 is 2.89 bits per heavy atom. The van der Waals surface area contributed by atoms with E-state index in [1.165, 1.54) is 11.8 Å². The molecule has 1 aromatic heterocycles. The van der Waals surface area contributed by atoms with E-state index in [9.17, 15) is 0 Å². The number of amidine groups is 1. The first-order valence-electron chi connectivity index (χ1n) is 4.79. The van der Waals surface area contributed by atoms with E-state index in [-0.39, 0.29) is 5.84 Å². The highest BCUT2D eigenvalue weighted by atomic mass is 79.9. The molecule has 94 valence electrons. The van der Waals surface area contributed by atoms with Crippen molar-refractivity contribution in [2.24, 2.45) is 17.9 Å². The Bertz CT molecular complexity index is 598. The van der Waals surface area contributed by atoms with Gasteiger partial charge in [-0.05, 0) is 56.3 Å². The van der Waals surface area contributed by atoms with Crippen LogP contribution in [0.25, 0.3) is 0 Å². The maximum Gasteiger partial charge on any atom is 0.213 e. The van der Waals surface area contributed by atoms with Crippen LogP contribution in [0.15, 0.2) is 37.9 Å². The summed E-state index contributed by atoms with van der Waals surface area (Å²) in [4.78, 5) is 0.933. The number of hydrogen-bond donors (Lipinski definition) is 2. The molecule has 9 heteroatoms. The second-order valence-corrected chi connectivity index (χ2v) is 5.18. The quantitative estimate of drug-likeness (QED) is 0.380. The second kappa shape index (κ2) is 5.36. The lowest BCUT2D eigenvalue weighted by Gasteiger charge is -2.05. The highest BCUT2D eigenvalue weighted by Gasteiger charge is 2.09. The lowest BCUT2D eigenvalue weighted by Crippen LogP contribution is -2.12. The van der Waals surface area contributed by atoms with Gasteiger partial charge in [-0.25, -0.2) is 4.68 Å². The molecule has 0 atom stereocenters. The molecule has 0 unspecified atom stereocenters. The Labute approximate surface area is 115 Å². The summed E-state index contributed by atoms with van der Waals surface area (Å²) in [6.45, 7) is 0. The van der Waals surface area contributed by atoms with Gasteiger partial charge < -0.3 is 10.9 Å². The Morgan fingerprint density at radius 1 is 1.56 bits per heavy atom. The third kappa shape index (κ3) is 2.62. The van der Waals surface area contributed by atoms with E-state index >= 15 is 0 Å². The van der Waals surface area contributed by atoms with E-state index in [0.29, 0.717) is 10.7 Å². The van der Waals surface area contributed by atoms with Crippen molar-refractivity contribution in [1.82, 2.24) is 20.2 Å². The van der Waals surface area contributed by atoms with Crippen molar-refractivity contribution in [2.75, 3.05) is 0 Å². The van der Waals surface area contributed by atoms with Gasteiger partial charge in [0.1, 0.15) is 0 Å². The Hall–Kier alpha value is -1.61. The highest BCUT2D eigenvalue weighted by molar-refractivity contribution is 9.10. The highest BCUT2D eigenvalue weighted by Crippen LogP contribution is 2.32. The number of hydrogen-bond acceptors (Lipinski definition) is 6. The van der Waals surface area contributed by atoms with Crippen molar-refractivity contribution < 1.29 is 5.21 Å². The fourth-order valence-corrected chi connectivity index (χ4v) is 2.56. The summed E-state index contributed by atoms with van der Waals surface area (Å²) in [5.41, 5.74) is 6.14. The summed E-state index contributed by atoms with van der Waals surface area (Å²) in [5, 5.41) is 23.4. The van der Waals surface area contributed by atoms with Crippen molar-refractivity contribution in [2.45, 2.75) is 10.1 Å². The van der Waals surface area contributed by atoms with Crippen molar-refractivity contribution in [3.63, 3.8) is 0 Å². The molecule has 0 aliphatic carbocycles. The molecule has 1 aromatic carbocycles. The number of tetrazole rings is 1. The summed E-state index contributed by atoms with van der Waals surface area (Å²) >= 11 is 4.84. The average Bonchev–Trinajstić information content (AvgIpc) is 2.76. The zero-order valence-electron chi connectivity index (χ0n) is 9.28. The van der Waals surface area contributed by atoms with E-state index in [1.807, 2.05) is 6.07 Å². The number of aromatic nitrogens is 4. The van der Waals surface area contributed by atoms with Crippen LogP contribution in [-0.2, 0) is 7.05 Å². The molecular formula is C9H9BrN6OS. The van der Waals surface area contributed by atoms with Crippen LogP contribution >= 0.6 is 27.7 Å². The Balaban J connectivity index is 2.28. The van der Waals surface area contributed by atoms with Crippen molar-refractivity contribution in [3.05, 3.63) is 28.2 Å². The van der Waals surface area contributed by atoms with Gasteiger partial charge >= 0.3 is 0 Å². The number of oxime groups is 1. The van der Waals surface area contributed by atoms with Gasteiger partial charge in [-0.3, -0.25) is 0 Å². The van der Waals surface area contributed by atoms with Gasteiger partial charge in [0, 0.05) is 22.0 Å². The van der Waals surface area contributed by atoms with Crippen LogP contribution in [0.5, 0.6) is 0 Å². The fourth-order valence-electron chi connectivity index (χ4n) is 1.21. The van der Waals surface area contributed by atoms with E-state index < -0.39 is 0 Å². The standard InChI is InChI=1S/C9H9BrN6OS/c1-16-9(12-14-15-16)18-7-3-2-5(4-6(7)10)8(11)13-17/h2-4,17H,1H3,(H2,11,13). The van der Waals surface area contributed by atoms with E-state index in [0.717, 1.165) is 9.37 Å². The second-order valence-electron chi connectivity index (χ2n) is 3.32. The third-order valence-electron chi connectivity index (χ3n) is 2.12. The zero-order chi connectivity index (χ0) is 13.1. The van der Waals surface area contributed by atoms with Crippen LogP contribution in [0, 0.1) is 0 Å². The zero-order valence-corrected chi connectivity index (χ0v) is 11.7. The third-order valence-corrected chi connectivity index (χ3v) is 4.14. The molecule has 0 saturated carbocycles. The number of rotatable bonds is 3. The summed E-state index contributed by atoms with van der Waals surface area (Å²) < 4.78 is 2.40. The van der Waals surface area contributed by atoms with Crippen LogP contribution in [-0.4, -0.2) is 31.3 Å². The minimum absolute atomic E-state index is 0.0626. The van der Waals surface area contributed by atoms with E-state index in [2.05, 4.69) is 36.6 Å². The summed E-state index contributed by atoms with van der Waals surface area (Å²) in [5.74, 6) is 0.0626. The first-order valence-corrected chi connectivity index (χ1v) is 6.40. The van der Waals surface area contributed by atoms with Crippen molar-refractivity contribution in [1.29, 1.82) is 0 Å². The molecule has 1 heterocycles. The van der Waals surface area contributed by atoms with Gasteiger partial charge in [-0.15, -0.1) is 5.10 Å². The summed E-state index contributed by atoms with van der Waals surface area (Å²) in [6, 6.07) is 5.37. The molecule has 0 fully saturated rings. The Morgan fingerprint density at radius 2 is 2.33 bits per heavy atom. The first-order chi connectivity index (χ1) is 8.61. The molecule has 2 aromatic rings. The topological polar surface area (TPSA) is 102 Å². The van der Waals surface area contributed by atoms with Gasteiger partial charge in [0.2, 0.25) is 5.16 Å². The number of nitrogens with zero attached hydrogens (tertiary/aromatic N) is 5. The lowest BCUT2D eigenvalue weighted by molar-refractivity contribution is 0.318. The van der Waals surface area contributed by atoms with Gasteiger partial charge in [-0.2, -0.15) is 0 Å². The van der Waals surface area contributed by atoms with Crippen molar-refractivity contribution in [3.8, 4) is 0 Å². The molecular weight excluding hydrogens is 320 g/mol. The monoisotopic (exact) mass is 328 g/mol. The van der Waals surface area contributed by atoms with E-state index in [1.54, 1.807) is 23.9 Å². The maximum atomic E-state index is 8.60. The largest absolute Gasteiger partial charge is 0.409 e. The van der Waals surface area contributed by atoms with Gasteiger partial charge in [0.25, 0.3) is 0 Å². The average molecular weight is 329 g/mol. The minimum atomic E-state index is 0.0626. The van der Waals surface area contributed by atoms with Gasteiger partial charge in [-0.1, -0.05) is 5.16 Å². The molecule has 7 nitrogen and oxygen atoms in total. The number of benzene rings is 1. The molecule has 3 N–H and O–H groups in total. The molecule has 0 saturated heterocycles. The normalized spacial score (nSPS) is 11.8. The molecule has 18 heavy (non-hydrogen) atoms. The van der Waals surface area contributed by atoms with Crippen LogP contribution < -0.4 is 5.73 Å². The predicted octanol–water partition coefficient (Wildman–Crippen LogP) is 1.22. The molecule has 2 rings (SSSR count). The molecule has 0 aliphatic rings. The Kier molecular flexibility index (Phi) is 3.82. The number of halogens is 1. The SMILES string of the molecule is Cn1nnnc1Sc1ccc(/C(N)=N/O)cc1Br. The molecule has 0 radical (unpaired) electrons. The molecule has 0 amide bonds. The lowest BCUT2D eigenvalue weighted by atomic mass is 10.2. The van der Waals surface area contributed by atoms with Gasteiger partial charge in [0.15, 0.2) is 5.84 Å². The summed E-state index contributed by atoms with van der Waals surface area (Å²) in [7, 11) is 1.76. The van der Waals surface area contributed by atoms with Crippen LogP contribution in [0.4, 0.5) is 0 Å². The van der Waals surface area contributed by atoms with Crippen LogP contribution in [0.2, 0.25) is 0 Å². The minimum Gasteiger partial charge on any atom is -0.409 e.